The molecule has 0 aliphatic heterocycles. The number of halogens is 1. The van der Waals surface area contributed by atoms with Gasteiger partial charge in [0.15, 0.2) is 5.65 Å². The number of hydrogen-bond donors (Lipinski definition) is 2. The molecule has 0 fully saturated rings. The Labute approximate surface area is 111 Å². The lowest BCUT2D eigenvalue weighted by Crippen LogP contribution is -2.09. The van der Waals surface area contributed by atoms with Crippen molar-refractivity contribution < 1.29 is 0 Å². The zero-order chi connectivity index (χ0) is 12.5. The molecule has 0 aliphatic carbocycles. The van der Waals surface area contributed by atoms with Gasteiger partial charge in [0.05, 0.1) is 10.5 Å². The number of pyridine rings is 1. The van der Waals surface area contributed by atoms with Crippen molar-refractivity contribution in [3.05, 3.63) is 35.0 Å². The Morgan fingerprint density at radius 3 is 3.11 bits per heavy atom. The number of anilines is 1. The number of aromatic amines is 1. The summed E-state index contributed by atoms with van der Waals surface area (Å²) in [4.78, 5) is 8.48. The minimum Gasteiger partial charge on any atom is -0.343 e. The zero-order valence-corrected chi connectivity index (χ0v) is 11.1. The maximum absolute atomic E-state index is 4.39. The molecule has 3 aromatic heterocycles. The van der Waals surface area contributed by atoms with Crippen LogP contribution in [0.25, 0.3) is 5.65 Å². The number of aromatic nitrogens is 6. The quantitative estimate of drug-likeness (QED) is 0.770. The summed E-state index contributed by atoms with van der Waals surface area (Å²) in [6.07, 6.45) is 3.32. The summed E-state index contributed by atoms with van der Waals surface area (Å²) in [6.45, 7) is 1.96. The molecule has 0 saturated carbocycles. The fourth-order valence-corrected chi connectivity index (χ4v) is 2.04. The van der Waals surface area contributed by atoms with Crippen LogP contribution in [-0.2, 0) is 0 Å². The Hall–Kier alpha value is -1.96. The second-order valence-corrected chi connectivity index (χ2v) is 4.65. The van der Waals surface area contributed by atoms with Gasteiger partial charge in [-0.3, -0.25) is 5.10 Å². The molecule has 0 aromatic carbocycles. The fourth-order valence-electron chi connectivity index (χ4n) is 1.62. The van der Waals surface area contributed by atoms with Crippen LogP contribution in [0.3, 0.4) is 0 Å². The molecule has 3 aromatic rings. The zero-order valence-electron chi connectivity index (χ0n) is 9.50. The molecule has 0 aliphatic rings. The van der Waals surface area contributed by atoms with E-state index in [9.17, 15) is 0 Å². The molecule has 3 heterocycles. The first kappa shape index (κ1) is 11.1. The monoisotopic (exact) mass is 307 g/mol. The molecule has 1 atom stereocenters. The first-order valence-electron chi connectivity index (χ1n) is 5.37. The Kier molecular flexibility index (Phi) is 2.71. The smallest absolute Gasteiger partial charge is 0.243 e. The lowest BCUT2D eigenvalue weighted by atomic mass is 10.3. The van der Waals surface area contributed by atoms with Crippen LogP contribution < -0.4 is 5.32 Å². The van der Waals surface area contributed by atoms with E-state index in [1.807, 2.05) is 25.3 Å². The van der Waals surface area contributed by atoms with Crippen LogP contribution in [-0.4, -0.2) is 29.8 Å². The van der Waals surface area contributed by atoms with Gasteiger partial charge in [-0.2, -0.15) is 10.1 Å². The standard InChI is InChI=1S/C10H10BrN7/c1-6(8-12-5-13-16-8)14-10-15-9-7(11)3-2-4-18(9)17-10/h2-6H,1H3,(H,14,17)(H,12,13,16). The average Bonchev–Trinajstić information content (AvgIpc) is 2.97. The van der Waals surface area contributed by atoms with Crippen molar-refractivity contribution in [1.29, 1.82) is 0 Å². The molecular formula is C10H10BrN7. The number of nitrogens with zero attached hydrogens (tertiary/aromatic N) is 5. The summed E-state index contributed by atoms with van der Waals surface area (Å²) >= 11 is 3.44. The number of rotatable bonds is 3. The summed E-state index contributed by atoms with van der Waals surface area (Å²) in [5.74, 6) is 1.29. The van der Waals surface area contributed by atoms with Crippen LogP contribution in [0.1, 0.15) is 18.8 Å². The molecule has 3 rings (SSSR count). The Morgan fingerprint density at radius 1 is 1.50 bits per heavy atom. The molecule has 2 N–H and O–H groups in total. The van der Waals surface area contributed by atoms with Crippen LogP contribution in [0, 0.1) is 0 Å². The van der Waals surface area contributed by atoms with Gasteiger partial charge in [0.2, 0.25) is 5.95 Å². The van der Waals surface area contributed by atoms with E-state index in [0.29, 0.717) is 5.95 Å². The maximum atomic E-state index is 4.39. The fraction of sp³-hybridized carbons (Fsp3) is 0.200. The molecule has 0 bridgehead atoms. The Bertz CT molecular complexity index is 660. The second kappa shape index (κ2) is 4.37. The third-order valence-electron chi connectivity index (χ3n) is 2.50. The first-order chi connectivity index (χ1) is 8.74. The third-order valence-corrected chi connectivity index (χ3v) is 3.12. The SMILES string of the molecule is CC(Nc1nc2c(Br)cccn2n1)c1ncn[nH]1. The van der Waals surface area contributed by atoms with Crippen LogP contribution in [0.15, 0.2) is 29.1 Å². The average molecular weight is 308 g/mol. The van der Waals surface area contributed by atoms with Gasteiger partial charge in [0.1, 0.15) is 12.2 Å². The molecule has 7 nitrogen and oxygen atoms in total. The molecule has 0 spiro atoms. The van der Waals surface area contributed by atoms with Gasteiger partial charge in [-0.25, -0.2) is 9.50 Å². The lowest BCUT2D eigenvalue weighted by molar-refractivity contribution is 0.781. The van der Waals surface area contributed by atoms with Gasteiger partial charge in [-0.1, -0.05) is 0 Å². The number of hydrogen-bond acceptors (Lipinski definition) is 5. The number of H-pyrrole nitrogens is 1. The molecular weight excluding hydrogens is 298 g/mol. The minimum atomic E-state index is -0.0383. The molecule has 0 radical (unpaired) electrons. The van der Waals surface area contributed by atoms with Crippen LogP contribution in [0.2, 0.25) is 0 Å². The molecule has 92 valence electrons. The van der Waals surface area contributed by atoms with Crippen molar-refractivity contribution in [2.45, 2.75) is 13.0 Å². The molecule has 0 amide bonds. The highest BCUT2D eigenvalue weighted by atomic mass is 79.9. The highest BCUT2D eigenvalue weighted by molar-refractivity contribution is 9.10. The minimum absolute atomic E-state index is 0.0383. The van der Waals surface area contributed by atoms with Gasteiger partial charge in [-0.15, -0.1) is 5.10 Å². The van der Waals surface area contributed by atoms with Crippen molar-refractivity contribution in [3.63, 3.8) is 0 Å². The van der Waals surface area contributed by atoms with Crippen molar-refractivity contribution in [1.82, 2.24) is 29.8 Å². The van der Waals surface area contributed by atoms with Crippen molar-refractivity contribution in [2.24, 2.45) is 0 Å². The summed E-state index contributed by atoms with van der Waals surface area (Å²) in [5, 5.41) is 14.1. The van der Waals surface area contributed by atoms with Crippen molar-refractivity contribution in [2.75, 3.05) is 5.32 Å². The maximum Gasteiger partial charge on any atom is 0.243 e. The summed E-state index contributed by atoms with van der Waals surface area (Å²) < 4.78 is 2.61. The van der Waals surface area contributed by atoms with E-state index in [0.717, 1.165) is 15.9 Å². The van der Waals surface area contributed by atoms with Crippen LogP contribution in [0.4, 0.5) is 5.95 Å². The van der Waals surface area contributed by atoms with E-state index in [-0.39, 0.29) is 6.04 Å². The third kappa shape index (κ3) is 1.94. The summed E-state index contributed by atoms with van der Waals surface area (Å²) in [6, 6.07) is 3.78. The first-order valence-corrected chi connectivity index (χ1v) is 6.16. The lowest BCUT2D eigenvalue weighted by Gasteiger charge is -2.07. The summed E-state index contributed by atoms with van der Waals surface area (Å²) in [7, 11) is 0. The van der Waals surface area contributed by atoms with Crippen LogP contribution >= 0.6 is 15.9 Å². The number of nitrogens with one attached hydrogen (secondary N) is 2. The second-order valence-electron chi connectivity index (χ2n) is 3.80. The predicted molar refractivity (Wildman–Crippen MR) is 69.1 cm³/mol. The molecule has 18 heavy (non-hydrogen) atoms. The van der Waals surface area contributed by atoms with Gasteiger partial charge < -0.3 is 5.32 Å². The van der Waals surface area contributed by atoms with E-state index >= 15 is 0 Å². The van der Waals surface area contributed by atoms with Gasteiger partial charge >= 0.3 is 0 Å². The van der Waals surface area contributed by atoms with Gasteiger partial charge in [0.25, 0.3) is 0 Å². The van der Waals surface area contributed by atoms with E-state index in [2.05, 4.69) is 46.5 Å². The predicted octanol–water partition coefficient (Wildman–Crippen LogP) is 1.78. The van der Waals surface area contributed by atoms with Gasteiger partial charge in [0, 0.05) is 6.20 Å². The van der Waals surface area contributed by atoms with Crippen LogP contribution in [0.5, 0.6) is 0 Å². The van der Waals surface area contributed by atoms with Crippen molar-refractivity contribution >= 4 is 27.5 Å². The van der Waals surface area contributed by atoms with Gasteiger partial charge in [-0.05, 0) is 35.0 Å². The van der Waals surface area contributed by atoms with E-state index in [1.165, 1.54) is 6.33 Å². The Balaban J connectivity index is 1.89. The normalized spacial score (nSPS) is 12.8. The van der Waals surface area contributed by atoms with E-state index in [4.69, 9.17) is 0 Å². The highest BCUT2D eigenvalue weighted by Crippen LogP contribution is 2.18. The van der Waals surface area contributed by atoms with Crippen molar-refractivity contribution in [3.8, 4) is 0 Å². The largest absolute Gasteiger partial charge is 0.343 e. The summed E-state index contributed by atoms with van der Waals surface area (Å²) in [5.41, 5.74) is 0.768. The highest BCUT2D eigenvalue weighted by Gasteiger charge is 2.12. The molecule has 8 heteroatoms. The van der Waals surface area contributed by atoms with E-state index in [1.54, 1.807) is 4.52 Å². The molecule has 1 unspecified atom stereocenters. The topological polar surface area (TPSA) is 83.8 Å². The molecule has 0 saturated heterocycles. The Morgan fingerprint density at radius 2 is 2.39 bits per heavy atom. The van der Waals surface area contributed by atoms with E-state index < -0.39 is 0 Å². The number of fused-ring (bicyclic) bond motifs is 1.